The number of halogens is 4. The second kappa shape index (κ2) is 8.27. The maximum Gasteiger partial charge on any atom is 0.355 e. The summed E-state index contributed by atoms with van der Waals surface area (Å²) in [5.41, 5.74) is 1.89. The number of rotatable bonds is 4. The van der Waals surface area contributed by atoms with Gasteiger partial charge in [0.05, 0.1) is 33.8 Å². The summed E-state index contributed by atoms with van der Waals surface area (Å²) in [6.45, 7) is 0. The lowest BCUT2D eigenvalue weighted by Crippen LogP contribution is -1.94. The van der Waals surface area contributed by atoms with Crippen molar-refractivity contribution in [3.05, 3.63) is 66.2 Å². The number of carbonyl (C=O) groups excluding carboxylic acids is 1. The number of benzene rings is 2. The van der Waals surface area contributed by atoms with Crippen molar-refractivity contribution in [3.8, 4) is 11.5 Å². The molecule has 0 atom stereocenters. The molecule has 0 saturated heterocycles. The molecule has 2 aromatic rings. The molecule has 4 nitrogen and oxygen atoms in total. The summed E-state index contributed by atoms with van der Waals surface area (Å²) in [6.07, 6.45) is 1.72. The van der Waals surface area contributed by atoms with Gasteiger partial charge in [-0.25, -0.2) is 4.79 Å². The lowest BCUT2D eigenvalue weighted by Gasteiger charge is -2.10. The van der Waals surface area contributed by atoms with Crippen molar-refractivity contribution >= 4 is 72.7 Å². The zero-order chi connectivity index (χ0) is 19.7. The first-order valence-corrected chi connectivity index (χ1v) is 9.91. The van der Waals surface area contributed by atoms with Gasteiger partial charge in [-0.15, -0.1) is 0 Å². The van der Waals surface area contributed by atoms with E-state index in [0.29, 0.717) is 33.4 Å². The molecule has 27 heavy (non-hydrogen) atoms. The Bertz CT molecular complexity index is 976. The van der Waals surface area contributed by atoms with Crippen LogP contribution in [0.3, 0.4) is 0 Å². The van der Waals surface area contributed by atoms with Gasteiger partial charge in [-0.05, 0) is 73.3 Å². The van der Waals surface area contributed by atoms with E-state index in [-0.39, 0.29) is 5.03 Å². The lowest BCUT2D eigenvalue weighted by atomic mass is 10.0. The van der Waals surface area contributed by atoms with E-state index >= 15 is 0 Å². The normalized spacial score (nSPS) is 15.3. The molecule has 8 heteroatoms. The van der Waals surface area contributed by atoms with Crippen molar-refractivity contribution in [2.45, 2.75) is 0 Å². The molecule has 1 aliphatic rings. The van der Waals surface area contributed by atoms with E-state index in [0.717, 1.165) is 14.5 Å². The molecule has 0 bridgehead atoms. The SMILES string of the molecule is COc1ccc(C2=C(Cl)C(=O)O/C2=C\c2cc(Br)c(OC)c(Br)c2)cc1Cl. The summed E-state index contributed by atoms with van der Waals surface area (Å²) in [5.74, 6) is 0.902. The lowest BCUT2D eigenvalue weighted by molar-refractivity contribution is -0.132. The first kappa shape index (κ1) is 20.3. The van der Waals surface area contributed by atoms with Crippen LogP contribution >= 0.6 is 55.1 Å². The van der Waals surface area contributed by atoms with Gasteiger partial charge in [-0.1, -0.05) is 29.3 Å². The van der Waals surface area contributed by atoms with Gasteiger partial charge in [-0.3, -0.25) is 0 Å². The van der Waals surface area contributed by atoms with Crippen molar-refractivity contribution in [1.82, 2.24) is 0 Å². The highest BCUT2D eigenvalue weighted by Gasteiger charge is 2.30. The van der Waals surface area contributed by atoms with Crippen molar-refractivity contribution in [2.75, 3.05) is 14.2 Å². The van der Waals surface area contributed by atoms with Crippen LogP contribution in [0.25, 0.3) is 11.6 Å². The van der Waals surface area contributed by atoms with Gasteiger partial charge in [0.25, 0.3) is 0 Å². The van der Waals surface area contributed by atoms with Crippen LogP contribution in [-0.2, 0) is 9.53 Å². The predicted molar refractivity (Wildman–Crippen MR) is 113 cm³/mol. The molecule has 1 heterocycles. The fraction of sp³-hybridized carbons (Fsp3) is 0.105. The number of allylic oxidation sites excluding steroid dienone is 1. The molecule has 0 aliphatic carbocycles. The highest BCUT2D eigenvalue weighted by Crippen LogP contribution is 2.41. The van der Waals surface area contributed by atoms with Crippen LogP contribution < -0.4 is 9.47 Å². The van der Waals surface area contributed by atoms with Crippen LogP contribution in [0.4, 0.5) is 0 Å². The van der Waals surface area contributed by atoms with E-state index < -0.39 is 5.97 Å². The molecular weight excluding hydrogens is 523 g/mol. The van der Waals surface area contributed by atoms with Crippen molar-refractivity contribution in [3.63, 3.8) is 0 Å². The average molecular weight is 535 g/mol. The van der Waals surface area contributed by atoms with E-state index in [1.165, 1.54) is 7.11 Å². The Morgan fingerprint density at radius 3 is 2.26 bits per heavy atom. The molecule has 0 N–H and O–H groups in total. The number of carbonyl (C=O) groups is 1. The Labute approximate surface area is 183 Å². The Hall–Kier alpha value is -1.47. The van der Waals surface area contributed by atoms with Crippen molar-refractivity contribution in [2.24, 2.45) is 0 Å². The molecule has 0 aromatic heterocycles. The number of cyclic esters (lactones) is 1. The molecule has 0 radical (unpaired) electrons. The van der Waals surface area contributed by atoms with Gasteiger partial charge in [0.1, 0.15) is 22.3 Å². The molecule has 2 aromatic carbocycles. The van der Waals surface area contributed by atoms with Crippen LogP contribution in [0.1, 0.15) is 11.1 Å². The average Bonchev–Trinajstić information content (AvgIpc) is 2.88. The summed E-state index contributed by atoms with van der Waals surface area (Å²) in [6, 6.07) is 8.83. The van der Waals surface area contributed by atoms with Crippen LogP contribution in [0, 0.1) is 0 Å². The smallest absolute Gasteiger partial charge is 0.355 e. The summed E-state index contributed by atoms with van der Waals surface area (Å²) >= 11 is 19.3. The third-order valence-electron chi connectivity index (χ3n) is 3.81. The molecule has 0 amide bonds. The Morgan fingerprint density at radius 1 is 1.04 bits per heavy atom. The minimum atomic E-state index is -0.614. The van der Waals surface area contributed by atoms with Gasteiger partial charge in [0.15, 0.2) is 0 Å². The largest absolute Gasteiger partial charge is 0.495 e. The number of ether oxygens (including phenoxy) is 3. The summed E-state index contributed by atoms with van der Waals surface area (Å²) in [7, 11) is 3.11. The standard InChI is InChI=1S/C19H12Br2Cl2O4/c1-25-14-4-3-10(8-13(14)22)16-15(27-19(24)17(16)23)7-9-5-11(20)18(26-2)12(21)6-9/h3-8H,1-2H3/b15-7-. The maximum absolute atomic E-state index is 12.1. The summed E-state index contributed by atoms with van der Waals surface area (Å²) in [5, 5.41) is 0.398. The zero-order valence-electron chi connectivity index (χ0n) is 14.1. The quantitative estimate of drug-likeness (QED) is 0.424. The molecule has 1 aliphatic heterocycles. The van der Waals surface area contributed by atoms with Crippen molar-refractivity contribution < 1.29 is 19.0 Å². The van der Waals surface area contributed by atoms with Gasteiger partial charge >= 0.3 is 5.97 Å². The second-order valence-electron chi connectivity index (χ2n) is 5.45. The van der Waals surface area contributed by atoms with Gasteiger partial charge < -0.3 is 14.2 Å². The van der Waals surface area contributed by atoms with Crippen LogP contribution in [-0.4, -0.2) is 20.2 Å². The van der Waals surface area contributed by atoms with E-state index in [2.05, 4.69) is 31.9 Å². The minimum absolute atomic E-state index is 0.00544. The minimum Gasteiger partial charge on any atom is -0.495 e. The van der Waals surface area contributed by atoms with Crippen LogP contribution in [0.15, 0.2) is 50.1 Å². The summed E-state index contributed by atoms with van der Waals surface area (Å²) in [4.78, 5) is 12.1. The monoisotopic (exact) mass is 532 g/mol. The van der Waals surface area contributed by atoms with Gasteiger partial charge in [-0.2, -0.15) is 0 Å². The van der Waals surface area contributed by atoms with Crippen LogP contribution in [0.2, 0.25) is 5.02 Å². The highest BCUT2D eigenvalue weighted by molar-refractivity contribution is 9.11. The fourth-order valence-electron chi connectivity index (χ4n) is 2.61. The third-order valence-corrected chi connectivity index (χ3v) is 5.63. The van der Waals surface area contributed by atoms with Gasteiger partial charge in [0.2, 0.25) is 0 Å². The molecule has 3 rings (SSSR count). The molecule has 140 valence electrons. The Morgan fingerprint density at radius 2 is 1.70 bits per heavy atom. The van der Waals surface area contributed by atoms with E-state index in [9.17, 15) is 4.79 Å². The Balaban J connectivity index is 2.09. The summed E-state index contributed by atoms with van der Waals surface area (Å²) < 4.78 is 17.3. The number of hydrogen-bond acceptors (Lipinski definition) is 4. The first-order chi connectivity index (χ1) is 12.8. The number of hydrogen-bond donors (Lipinski definition) is 0. The van der Waals surface area contributed by atoms with E-state index in [4.69, 9.17) is 37.4 Å². The van der Waals surface area contributed by atoms with E-state index in [1.807, 2.05) is 12.1 Å². The second-order valence-corrected chi connectivity index (χ2v) is 7.95. The third kappa shape index (κ3) is 4.04. The molecule has 0 fully saturated rings. The Kier molecular flexibility index (Phi) is 6.21. The number of methoxy groups -OCH3 is 2. The number of esters is 1. The molecule has 0 spiro atoms. The van der Waals surface area contributed by atoms with Gasteiger partial charge in [0, 0.05) is 0 Å². The molecule has 0 saturated carbocycles. The first-order valence-electron chi connectivity index (χ1n) is 7.56. The van der Waals surface area contributed by atoms with Crippen LogP contribution in [0.5, 0.6) is 11.5 Å². The predicted octanol–water partition coefficient (Wildman–Crippen LogP) is 6.43. The maximum atomic E-state index is 12.1. The van der Waals surface area contributed by atoms with E-state index in [1.54, 1.807) is 31.4 Å². The topological polar surface area (TPSA) is 44.8 Å². The fourth-order valence-corrected chi connectivity index (χ4v) is 4.65. The highest BCUT2D eigenvalue weighted by atomic mass is 79.9. The molecular formula is C19H12Br2Cl2O4. The zero-order valence-corrected chi connectivity index (χ0v) is 18.8. The van der Waals surface area contributed by atoms with Crippen molar-refractivity contribution in [1.29, 1.82) is 0 Å². The molecule has 0 unspecified atom stereocenters.